The Bertz CT molecular complexity index is 465. The van der Waals surface area contributed by atoms with Crippen molar-refractivity contribution in [1.82, 2.24) is 0 Å². The number of halogens is 3. The Morgan fingerprint density at radius 1 is 0.765 bits per heavy atom. The van der Waals surface area contributed by atoms with Crippen LogP contribution in [0.3, 0.4) is 0 Å². The highest BCUT2D eigenvalue weighted by Crippen LogP contribution is 2.29. The Morgan fingerprint density at radius 2 is 1.29 bits per heavy atom. The summed E-state index contributed by atoms with van der Waals surface area (Å²) in [5.74, 6) is 0. The molecule has 88 valence electrons. The molecular formula is C14H11ClF2. The maximum absolute atomic E-state index is 12.4. The number of rotatable bonds is 3. The van der Waals surface area contributed by atoms with Gasteiger partial charge in [-0.05, 0) is 16.7 Å². The lowest BCUT2D eigenvalue weighted by Crippen LogP contribution is -2.01. The molecule has 0 radical (unpaired) electrons. The smallest absolute Gasteiger partial charge is 0.208 e. The van der Waals surface area contributed by atoms with E-state index in [1.165, 1.54) is 0 Å². The molecule has 0 nitrogen and oxygen atoms in total. The van der Waals surface area contributed by atoms with Crippen LogP contribution in [0.1, 0.15) is 10.9 Å². The molecule has 17 heavy (non-hydrogen) atoms. The second-order valence-corrected chi connectivity index (χ2v) is 4.19. The topological polar surface area (TPSA) is 0 Å². The summed E-state index contributed by atoms with van der Waals surface area (Å²) in [5, 5.41) is -1.24. The van der Waals surface area contributed by atoms with Crippen LogP contribution in [0, 0.1) is 0 Å². The highest BCUT2D eigenvalue weighted by molar-refractivity contribution is 6.21. The standard InChI is InChI=1S/C14H11ClF2/c15-13(14(16)17)12-8-6-11(7-9-12)10-4-2-1-3-5-10/h1-9,13-14H. The van der Waals surface area contributed by atoms with Crippen molar-refractivity contribution < 1.29 is 8.78 Å². The van der Waals surface area contributed by atoms with E-state index in [0.717, 1.165) is 11.1 Å². The Labute approximate surface area is 104 Å². The van der Waals surface area contributed by atoms with E-state index in [1.54, 1.807) is 12.1 Å². The van der Waals surface area contributed by atoms with E-state index in [1.807, 2.05) is 42.5 Å². The van der Waals surface area contributed by atoms with Crippen LogP contribution in [-0.4, -0.2) is 6.43 Å². The first-order valence-electron chi connectivity index (χ1n) is 5.26. The summed E-state index contributed by atoms with van der Waals surface area (Å²) < 4.78 is 24.8. The largest absolute Gasteiger partial charge is 0.258 e. The first-order chi connectivity index (χ1) is 8.18. The molecule has 0 aliphatic heterocycles. The van der Waals surface area contributed by atoms with Crippen LogP contribution in [0.2, 0.25) is 0 Å². The quantitative estimate of drug-likeness (QED) is 0.682. The molecule has 1 unspecified atom stereocenters. The summed E-state index contributed by atoms with van der Waals surface area (Å²) >= 11 is 5.59. The van der Waals surface area contributed by atoms with Gasteiger partial charge in [0.05, 0.1) is 0 Å². The van der Waals surface area contributed by atoms with Crippen LogP contribution in [0.5, 0.6) is 0 Å². The van der Waals surface area contributed by atoms with Crippen LogP contribution in [-0.2, 0) is 0 Å². The van der Waals surface area contributed by atoms with E-state index in [4.69, 9.17) is 11.6 Å². The van der Waals surface area contributed by atoms with Crippen LogP contribution < -0.4 is 0 Å². The van der Waals surface area contributed by atoms with Gasteiger partial charge in [0.25, 0.3) is 6.43 Å². The SMILES string of the molecule is FC(F)C(Cl)c1ccc(-c2ccccc2)cc1. The van der Waals surface area contributed by atoms with E-state index in [2.05, 4.69) is 0 Å². The fraction of sp³-hybridized carbons (Fsp3) is 0.143. The molecule has 0 heterocycles. The van der Waals surface area contributed by atoms with Gasteiger partial charge in [-0.15, -0.1) is 11.6 Å². The second-order valence-electron chi connectivity index (χ2n) is 3.72. The first kappa shape index (κ1) is 12.1. The summed E-state index contributed by atoms with van der Waals surface area (Å²) in [6, 6.07) is 16.7. The molecule has 0 aliphatic carbocycles. The number of alkyl halides is 3. The Balaban J connectivity index is 2.25. The molecule has 0 aromatic heterocycles. The lowest BCUT2D eigenvalue weighted by Gasteiger charge is -2.09. The first-order valence-corrected chi connectivity index (χ1v) is 5.70. The fourth-order valence-electron chi connectivity index (χ4n) is 1.64. The van der Waals surface area contributed by atoms with E-state index < -0.39 is 11.8 Å². The lowest BCUT2D eigenvalue weighted by molar-refractivity contribution is 0.143. The molecule has 2 aromatic rings. The van der Waals surface area contributed by atoms with Gasteiger partial charge >= 0.3 is 0 Å². The minimum Gasteiger partial charge on any atom is -0.208 e. The summed E-state index contributed by atoms with van der Waals surface area (Å²) in [6.07, 6.45) is -2.54. The van der Waals surface area contributed by atoms with E-state index >= 15 is 0 Å². The zero-order valence-corrected chi connectivity index (χ0v) is 9.74. The average Bonchev–Trinajstić information content (AvgIpc) is 2.39. The average molecular weight is 253 g/mol. The fourth-order valence-corrected chi connectivity index (χ4v) is 1.78. The zero-order chi connectivity index (χ0) is 12.3. The van der Waals surface area contributed by atoms with Gasteiger partial charge in [-0.2, -0.15) is 0 Å². The van der Waals surface area contributed by atoms with Gasteiger partial charge in [0.1, 0.15) is 5.38 Å². The molecule has 2 rings (SSSR count). The molecule has 0 fully saturated rings. The van der Waals surface area contributed by atoms with Crippen LogP contribution in [0.25, 0.3) is 11.1 Å². The molecule has 3 heteroatoms. The highest BCUT2D eigenvalue weighted by Gasteiger charge is 2.18. The third-order valence-corrected chi connectivity index (χ3v) is 3.00. The van der Waals surface area contributed by atoms with Crippen molar-refractivity contribution in [1.29, 1.82) is 0 Å². The van der Waals surface area contributed by atoms with E-state index in [9.17, 15) is 8.78 Å². The van der Waals surface area contributed by atoms with E-state index in [-0.39, 0.29) is 0 Å². The van der Waals surface area contributed by atoms with Crippen LogP contribution in [0.4, 0.5) is 8.78 Å². The minimum atomic E-state index is -2.54. The number of benzene rings is 2. The summed E-state index contributed by atoms with van der Waals surface area (Å²) in [4.78, 5) is 0. The molecule has 0 N–H and O–H groups in total. The maximum atomic E-state index is 12.4. The van der Waals surface area contributed by atoms with Crippen molar-refractivity contribution in [2.45, 2.75) is 11.8 Å². The number of hydrogen-bond donors (Lipinski definition) is 0. The van der Waals surface area contributed by atoms with Crippen molar-refractivity contribution in [2.75, 3.05) is 0 Å². The van der Waals surface area contributed by atoms with Crippen molar-refractivity contribution in [3.8, 4) is 11.1 Å². The lowest BCUT2D eigenvalue weighted by atomic mass is 10.0. The predicted molar refractivity (Wildman–Crippen MR) is 66.5 cm³/mol. The molecule has 0 spiro atoms. The van der Waals surface area contributed by atoms with Gasteiger partial charge in [-0.1, -0.05) is 54.6 Å². The Morgan fingerprint density at radius 3 is 1.82 bits per heavy atom. The van der Waals surface area contributed by atoms with Crippen molar-refractivity contribution >= 4 is 11.6 Å². The van der Waals surface area contributed by atoms with Gasteiger partial charge in [-0.3, -0.25) is 0 Å². The maximum Gasteiger partial charge on any atom is 0.258 e. The molecule has 0 aliphatic rings. The van der Waals surface area contributed by atoms with Crippen LogP contribution in [0.15, 0.2) is 54.6 Å². The summed E-state index contributed by atoms with van der Waals surface area (Å²) in [6.45, 7) is 0. The van der Waals surface area contributed by atoms with Crippen LogP contribution >= 0.6 is 11.6 Å². The molecule has 0 saturated carbocycles. The van der Waals surface area contributed by atoms with Gasteiger partial charge < -0.3 is 0 Å². The Kier molecular flexibility index (Phi) is 3.75. The molecule has 0 saturated heterocycles. The van der Waals surface area contributed by atoms with Gasteiger partial charge in [0, 0.05) is 0 Å². The highest BCUT2D eigenvalue weighted by atomic mass is 35.5. The van der Waals surface area contributed by atoms with E-state index in [0.29, 0.717) is 5.56 Å². The van der Waals surface area contributed by atoms with Crippen molar-refractivity contribution in [3.63, 3.8) is 0 Å². The molecular weight excluding hydrogens is 242 g/mol. The molecule has 1 atom stereocenters. The molecule has 0 bridgehead atoms. The number of hydrogen-bond acceptors (Lipinski definition) is 0. The van der Waals surface area contributed by atoms with Crippen molar-refractivity contribution in [2.24, 2.45) is 0 Å². The zero-order valence-electron chi connectivity index (χ0n) is 8.98. The van der Waals surface area contributed by atoms with Gasteiger partial charge in [0.2, 0.25) is 0 Å². The Hall–Kier alpha value is -1.41. The third-order valence-electron chi connectivity index (χ3n) is 2.56. The predicted octanol–water partition coefficient (Wildman–Crippen LogP) is 4.90. The van der Waals surface area contributed by atoms with Crippen molar-refractivity contribution in [3.05, 3.63) is 60.2 Å². The summed E-state index contributed by atoms with van der Waals surface area (Å²) in [5.41, 5.74) is 2.50. The molecule has 0 amide bonds. The monoisotopic (exact) mass is 252 g/mol. The minimum absolute atomic E-state index is 0.446. The van der Waals surface area contributed by atoms with Gasteiger partial charge in [0.15, 0.2) is 0 Å². The normalized spacial score (nSPS) is 12.7. The third kappa shape index (κ3) is 2.83. The molecule has 2 aromatic carbocycles. The van der Waals surface area contributed by atoms with Gasteiger partial charge in [-0.25, -0.2) is 8.78 Å². The summed E-state index contributed by atoms with van der Waals surface area (Å²) in [7, 11) is 0. The second kappa shape index (κ2) is 5.28.